The predicted molar refractivity (Wildman–Crippen MR) is 80.8 cm³/mol. The van der Waals surface area contributed by atoms with Gasteiger partial charge in [0.25, 0.3) is 0 Å². The summed E-state index contributed by atoms with van der Waals surface area (Å²) in [7, 11) is 1.65. The van der Waals surface area contributed by atoms with Gasteiger partial charge in [-0.2, -0.15) is 0 Å². The van der Waals surface area contributed by atoms with E-state index in [0.717, 1.165) is 5.75 Å². The van der Waals surface area contributed by atoms with E-state index < -0.39 is 0 Å². The van der Waals surface area contributed by atoms with E-state index in [1.54, 1.807) is 7.11 Å². The molecule has 0 aliphatic heterocycles. The van der Waals surface area contributed by atoms with Crippen molar-refractivity contribution in [3.8, 4) is 5.75 Å². The Kier molecular flexibility index (Phi) is 4.28. The quantitative estimate of drug-likeness (QED) is 0.654. The van der Waals surface area contributed by atoms with Crippen molar-refractivity contribution in [3.63, 3.8) is 0 Å². The molecule has 0 bridgehead atoms. The lowest BCUT2D eigenvalue weighted by atomic mass is 9.78. The van der Waals surface area contributed by atoms with Crippen LogP contribution in [0.3, 0.4) is 0 Å². The van der Waals surface area contributed by atoms with Crippen molar-refractivity contribution in [1.82, 2.24) is 0 Å². The Hall–Kier alpha value is -0.210. The number of methoxy groups -OCH3 is 1. The molecule has 100 valence electrons. The van der Waals surface area contributed by atoms with Crippen LogP contribution in [0.2, 0.25) is 5.02 Å². The number of ether oxygens (including phenoxy) is 1. The van der Waals surface area contributed by atoms with Gasteiger partial charge in [-0.05, 0) is 41.9 Å². The Labute approximate surface area is 123 Å². The van der Waals surface area contributed by atoms with E-state index >= 15 is 0 Å². The van der Waals surface area contributed by atoms with Gasteiger partial charge in [-0.1, -0.05) is 53.9 Å². The fourth-order valence-electron chi connectivity index (χ4n) is 2.98. The van der Waals surface area contributed by atoms with Crippen LogP contribution in [0.4, 0.5) is 0 Å². The van der Waals surface area contributed by atoms with Crippen LogP contribution in [0.15, 0.2) is 18.2 Å². The SMILES string of the molecule is COc1ccc(C(Br)C2CCCC2(C)C)cc1Cl. The van der Waals surface area contributed by atoms with Gasteiger partial charge in [0.15, 0.2) is 0 Å². The predicted octanol–water partition coefficient (Wildman–Crippen LogP) is 5.61. The van der Waals surface area contributed by atoms with Crippen LogP contribution >= 0.6 is 27.5 Å². The standard InChI is InChI=1S/C15H20BrClO/c1-15(2)8-4-5-11(15)14(16)10-6-7-13(18-3)12(17)9-10/h6-7,9,11,14H,4-5,8H2,1-3H3. The highest BCUT2D eigenvalue weighted by Gasteiger charge is 2.39. The molecule has 2 atom stereocenters. The van der Waals surface area contributed by atoms with Crippen molar-refractivity contribution in [3.05, 3.63) is 28.8 Å². The first kappa shape index (κ1) is 14.2. The van der Waals surface area contributed by atoms with Gasteiger partial charge in [0.05, 0.1) is 12.1 Å². The molecule has 1 fully saturated rings. The maximum atomic E-state index is 6.21. The molecule has 0 N–H and O–H groups in total. The third-order valence-electron chi connectivity index (χ3n) is 4.19. The Balaban J connectivity index is 2.23. The fourth-order valence-corrected chi connectivity index (χ4v) is 4.51. The van der Waals surface area contributed by atoms with E-state index in [2.05, 4.69) is 35.8 Å². The summed E-state index contributed by atoms with van der Waals surface area (Å²) < 4.78 is 5.20. The molecule has 0 heterocycles. The normalized spacial score (nSPS) is 23.9. The van der Waals surface area contributed by atoms with E-state index in [0.29, 0.717) is 21.2 Å². The topological polar surface area (TPSA) is 9.23 Å². The second-order valence-electron chi connectivity index (χ2n) is 5.78. The van der Waals surface area contributed by atoms with Crippen LogP contribution in [0.5, 0.6) is 5.75 Å². The lowest BCUT2D eigenvalue weighted by Gasteiger charge is -2.31. The van der Waals surface area contributed by atoms with Crippen LogP contribution in [-0.4, -0.2) is 7.11 Å². The molecule has 0 saturated heterocycles. The Morgan fingerprint density at radius 2 is 2.17 bits per heavy atom. The highest BCUT2D eigenvalue weighted by molar-refractivity contribution is 9.09. The van der Waals surface area contributed by atoms with Gasteiger partial charge >= 0.3 is 0 Å². The molecule has 2 unspecified atom stereocenters. The third kappa shape index (κ3) is 2.70. The zero-order valence-electron chi connectivity index (χ0n) is 11.2. The van der Waals surface area contributed by atoms with Crippen molar-refractivity contribution in [1.29, 1.82) is 0 Å². The second kappa shape index (κ2) is 5.42. The molecule has 1 aliphatic carbocycles. The number of benzene rings is 1. The van der Waals surface area contributed by atoms with E-state index in [4.69, 9.17) is 16.3 Å². The van der Waals surface area contributed by atoms with Gasteiger partial charge in [0.2, 0.25) is 0 Å². The lowest BCUT2D eigenvalue weighted by molar-refractivity contribution is 0.257. The van der Waals surface area contributed by atoms with E-state index in [9.17, 15) is 0 Å². The number of rotatable bonds is 3. The van der Waals surface area contributed by atoms with Gasteiger partial charge in [-0.3, -0.25) is 0 Å². The zero-order chi connectivity index (χ0) is 13.3. The minimum absolute atomic E-state index is 0.374. The van der Waals surface area contributed by atoms with Crippen molar-refractivity contribution in [2.24, 2.45) is 11.3 Å². The Morgan fingerprint density at radius 3 is 2.67 bits per heavy atom. The molecule has 1 aliphatic rings. The van der Waals surface area contributed by atoms with Crippen LogP contribution in [0.25, 0.3) is 0 Å². The van der Waals surface area contributed by atoms with Gasteiger partial charge in [0, 0.05) is 4.83 Å². The van der Waals surface area contributed by atoms with Crippen LogP contribution < -0.4 is 4.74 Å². The van der Waals surface area contributed by atoms with E-state index in [-0.39, 0.29) is 0 Å². The number of alkyl halides is 1. The summed E-state index contributed by atoms with van der Waals surface area (Å²) in [4.78, 5) is 0.374. The number of hydrogen-bond donors (Lipinski definition) is 0. The summed E-state index contributed by atoms with van der Waals surface area (Å²) in [5.74, 6) is 1.41. The number of halogens is 2. The summed E-state index contributed by atoms with van der Waals surface area (Å²) in [6, 6.07) is 6.08. The van der Waals surface area contributed by atoms with Crippen LogP contribution in [0.1, 0.15) is 43.5 Å². The molecule has 3 heteroatoms. The summed E-state index contributed by atoms with van der Waals surface area (Å²) >= 11 is 10.1. The molecule has 0 aromatic heterocycles. The molecule has 18 heavy (non-hydrogen) atoms. The van der Waals surface area contributed by atoms with Gasteiger partial charge < -0.3 is 4.74 Å². The van der Waals surface area contributed by atoms with Gasteiger partial charge in [-0.25, -0.2) is 0 Å². The van der Waals surface area contributed by atoms with Crippen molar-refractivity contribution < 1.29 is 4.74 Å². The second-order valence-corrected chi connectivity index (χ2v) is 7.18. The summed E-state index contributed by atoms with van der Waals surface area (Å²) in [5.41, 5.74) is 1.65. The first-order valence-corrected chi connectivity index (χ1v) is 7.72. The zero-order valence-corrected chi connectivity index (χ0v) is 13.5. The molecule has 1 nitrogen and oxygen atoms in total. The number of hydrogen-bond acceptors (Lipinski definition) is 1. The highest BCUT2D eigenvalue weighted by atomic mass is 79.9. The minimum Gasteiger partial charge on any atom is -0.495 e. The molecule has 1 aromatic rings. The summed E-state index contributed by atoms with van der Waals surface area (Å²) in [6.45, 7) is 4.73. The highest BCUT2D eigenvalue weighted by Crippen LogP contribution is 2.52. The Bertz CT molecular complexity index is 431. The Morgan fingerprint density at radius 1 is 1.44 bits per heavy atom. The molecule has 0 amide bonds. The first-order chi connectivity index (χ1) is 8.45. The lowest BCUT2D eigenvalue weighted by Crippen LogP contribution is -2.21. The first-order valence-electron chi connectivity index (χ1n) is 6.43. The molecular weight excluding hydrogens is 312 g/mol. The fraction of sp³-hybridized carbons (Fsp3) is 0.600. The molecule has 1 aromatic carbocycles. The summed E-state index contributed by atoms with van der Waals surface area (Å²) in [5, 5.41) is 0.690. The van der Waals surface area contributed by atoms with Crippen molar-refractivity contribution >= 4 is 27.5 Å². The maximum absolute atomic E-state index is 6.21. The van der Waals surface area contributed by atoms with E-state index in [1.165, 1.54) is 24.8 Å². The minimum atomic E-state index is 0.374. The largest absolute Gasteiger partial charge is 0.495 e. The molecule has 2 rings (SSSR count). The smallest absolute Gasteiger partial charge is 0.137 e. The molecule has 1 saturated carbocycles. The van der Waals surface area contributed by atoms with Crippen LogP contribution in [0, 0.1) is 11.3 Å². The maximum Gasteiger partial charge on any atom is 0.137 e. The van der Waals surface area contributed by atoms with Gasteiger partial charge in [-0.15, -0.1) is 0 Å². The van der Waals surface area contributed by atoms with Gasteiger partial charge in [0.1, 0.15) is 5.75 Å². The van der Waals surface area contributed by atoms with Crippen molar-refractivity contribution in [2.75, 3.05) is 7.11 Å². The van der Waals surface area contributed by atoms with E-state index in [1.807, 2.05) is 12.1 Å². The average molecular weight is 332 g/mol. The van der Waals surface area contributed by atoms with Crippen molar-refractivity contribution in [2.45, 2.75) is 37.9 Å². The molecule has 0 spiro atoms. The average Bonchev–Trinajstić information content (AvgIpc) is 2.68. The molecular formula is C15H20BrClO. The third-order valence-corrected chi connectivity index (χ3v) is 5.65. The molecule has 0 radical (unpaired) electrons. The summed E-state index contributed by atoms with van der Waals surface area (Å²) in [6.07, 6.45) is 3.92. The monoisotopic (exact) mass is 330 g/mol. The van der Waals surface area contributed by atoms with Crippen LogP contribution in [-0.2, 0) is 0 Å².